The van der Waals surface area contributed by atoms with Gasteiger partial charge in [0.25, 0.3) is 0 Å². The summed E-state index contributed by atoms with van der Waals surface area (Å²) in [4.78, 5) is 19.2. The third-order valence-corrected chi connectivity index (χ3v) is 2.09. The highest BCUT2D eigenvalue weighted by molar-refractivity contribution is 5.89. The molecule has 0 aliphatic rings. The van der Waals surface area contributed by atoms with Gasteiger partial charge in [-0.3, -0.25) is 10.1 Å². The molecule has 3 N–H and O–H groups in total. The fourth-order valence-corrected chi connectivity index (χ4v) is 0.989. The maximum atomic E-state index is 11.5. The number of carbonyl (C=O) groups excluding carboxylic acids is 1. The third-order valence-electron chi connectivity index (χ3n) is 2.09. The number of anilines is 1. The highest BCUT2D eigenvalue weighted by Gasteiger charge is 2.13. The first kappa shape index (κ1) is 11.6. The van der Waals surface area contributed by atoms with Crippen LogP contribution < -0.4 is 11.1 Å². The fraction of sp³-hybridized carbons (Fsp3) is 0.500. The zero-order chi connectivity index (χ0) is 11.3. The molecule has 0 aliphatic heterocycles. The van der Waals surface area contributed by atoms with Crippen LogP contribution in [0.25, 0.3) is 0 Å². The summed E-state index contributed by atoms with van der Waals surface area (Å²) >= 11 is 0. The van der Waals surface area contributed by atoms with Crippen molar-refractivity contribution in [1.82, 2.24) is 9.97 Å². The van der Waals surface area contributed by atoms with Crippen molar-refractivity contribution in [3.8, 4) is 0 Å². The van der Waals surface area contributed by atoms with E-state index in [2.05, 4.69) is 15.3 Å². The van der Waals surface area contributed by atoms with Crippen molar-refractivity contribution in [1.29, 1.82) is 0 Å². The Morgan fingerprint density at radius 3 is 2.60 bits per heavy atom. The lowest BCUT2D eigenvalue weighted by Gasteiger charge is -2.14. The van der Waals surface area contributed by atoms with Crippen LogP contribution in [-0.2, 0) is 4.79 Å². The molecule has 1 unspecified atom stereocenters. The van der Waals surface area contributed by atoms with Crippen LogP contribution >= 0.6 is 0 Å². The van der Waals surface area contributed by atoms with Gasteiger partial charge in [0.2, 0.25) is 11.9 Å². The number of aromatic nitrogens is 2. The number of nitrogens with two attached hydrogens (primary N) is 1. The number of nitrogens with zero attached hydrogens (tertiary/aromatic N) is 2. The van der Waals surface area contributed by atoms with E-state index in [1.54, 1.807) is 18.5 Å². The molecule has 5 heteroatoms. The number of rotatable bonds is 4. The van der Waals surface area contributed by atoms with Crippen LogP contribution in [0.1, 0.15) is 20.3 Å². The van der Waals surface area contributed by atoms with E-state index in [-0.39, 0.29) is 24.3 Å². The number of amides is 1. The summed E-state index contributed by atoms with van der Waals surface area (Å²) in [5.74, 6) is 0.452. The third kappa shape index (κ3) is 4.03. The minimum Gasteiger partial charge on any atom is -0.327 e. The summed E-state index contributed by atoms with van der Waals surface area (Å²) in [6.07, 6.45) is 3.44. The summed E-state index contributed by atoms with van der Waals surface area (Å²) in [7, 11) is 0. The van der Waals surface area contributed by atoms with Gasteiger partial charge in [-0.2, -0.15) is 0 Å². The second-order valence-corrected chi connectivity index (χ2v) is 3.73. The van der Waals surface area contributed by atoms with Crippen LogP contribution in [0, 0.1) is 5.92 Å². The molecule has 0 aliphatic carbocycles. The number of nitrogens with one attached hydrogen (secondary N) is 1. The molecule has 5 nitrogen and oxygen atoms in total. The molecule has 0 fully saturated rings. The Morgan fingerprint density at radius 1 is 1.47 bits per heavy atom. The lowest BCUT2D eigenvalue weighted by molar-refractivity contribution is -0.116. The van der Waals surface area contributed by atoms with Gasteiger partial charge >= 0.3 is 0 Å². The van der Waals surface area contributed by atoms with Crippen molar-refractivity contribution in [2.45, 2.75) is 26.3 Å². The van der Waals surface area contributed by atoms with E-state index in [0.29, 0.717) is 5.95 Å². The minimum absolute atomic E-state index is 0.131. The Bertz CT molecular complexity index is 312. The zero-order valence-corrected chi connectivity index (χ0v) is 8.97. The standard InChI is InChI=1S/C10H16N4O/c1-7(2)8(11)6-9(15)14-10-12-4-3-5-13-10/h3-5,7-8H,6,11H2,1-2H3,(H,12,13,14,15). The van der Waals surface area contributed by atoms with Gasteiger partial charge in [0.1, 0.15) is 0 Å². The van der Waals surface area contributed by atoms with Crippen LogP contribution in [0.3, 0.4) is 0 Å². The second kappa shape index (κ2) is 5.41. The van der Waals surface area contributed by atoms with Crippen molar-refractivity contribution in [2.75, 3.05) is 5.32 Å². The number of hydrogen-bond donors (Lipinski definition) is 2. The molecule has 0 radical (unpaired) electrons. The highest BCUT2D eigenvalue weighted by atomic mass is 16.1. The summed E-state index contributed by atoms with van der Waals surface area (Å²) in [6, 6.07) is 1.56. The van der Waals surface area contributed by atoms with Crippen LogP contribution in [0.5, 0.6) is 0 Å². The van der Waals surface area contributed by atoms with Gasteiger partial charge < -0.3 is 5.73 Å². The van der Waals surface area contributed by atoms with Crippen molar-refractivity contribution < 1.29 is 4.79 Å². The van der Waals surface area contributed by atoms with E-state index in [1.807, 2.05) is 13.8 Å². The van der Waals surface area contributed by atoms with Crippen LogP contribution in [0.4, 0.5) is 5.95 Å². The van der Waals surface area contributed by atoms with Gasteiger partial charge in [0.15, 0.2) is 0 Å². The minimum atomic E-state index is -0.151. The smallest absolute Gasteiger partial charge is 0.229 e. The molecule has 0 bridgehead atoms. The Kier molecular flexibility index (Phi) is 4.17. The molecule has 1 rings (SSSR count). The second-order valence-electron chi connectivity index (χ2n) is 3.73. The van der Waals surface area contributed by atoms with Gasteiger partial charge in [-0.15, -0.1) is 0 Å². The predicted molar refractivity (Wildman–Crippen MR) is 58.1 cm³/mol. The summed E-state index contributed by atoms with van der Waals surface area (Å²) in [5, 5.41) is 2.59. The zero-order valence-electron chi connectivity index (χ0n) is 8.97. The van der Waals surface area contributed by atoms with E-state index in [9.17, 15) is 4.79 Å². The molecule has 82 valence electrons. The Hall–Kier alpha value is -1.49. The lowest BCUT2D eigenvalue weighted by atomic mass is 10.0. The number of carbonyl (C=O) groups is 1. The molecule has 1 heterocycles. The first-order valence-corrected chi connectivity index (χ1v) is 4.92. The van der Waals surface area contributed by atoms with Crippen LogP contribution in [-0.4, -0.2) is 21.9 Å². The van der Waals surface area contributed by atoms with Gasteiger partial charge in [-0.05, 0) is 12.0 Å². The van der Waals surface area contributed by atoms with Gasteiger partial charge in [-0.25, -0.2) is 9.97 Å². The van der Waals surface area contributed by atoms with Crippen molar-refractivity contribution in [2.24, 2.45) is 11.7 Å². The Labute approximate surface area is 89.1 Å². The Balaban J connectivity index is 2.43. The first-order chi connectivity index (χ1) is 7.09. The normalized spacial score (nSPS) is 12.5. The van der Waals surface area contributed by atoms with Crippen LogP contribution in [0.15, 0.2) is 18.5 Å². The summed E-state index contributed by atoms with van der Waals surface area (Å²) in [6.45, 7) is 3.97. The molecular weight excluding hydrogens is 192 g/mol. The molecule has 1 atom stereocenters. The molecule has 1 aromatic heterocycles. The van der Waals surface area contributed by atoms with Crippen molar-refractivity contribution in [3.63, 3.8) is 0 Å². The maximum Gasteiger partial charge on any atom is 0.229 e. The maximum absolute atomic E-state index is 11.5. The molecular formula is C10H16N4O. The van der Waals surface area contributed by atoms with E-state index in [1.165, 1.54) is 0 Å². The lowest BCUT2D eigenvalue weighted by Crippen LogP contribution is -2.31. The topological polar surface area (TPSA) is 80.9 Å². The monoisotopic (exact) mass is 208 g/mol. The molecule has 1 amide bonds. The predicted octanol–water partition coefficient (Wildman–Crippen LogP) is 0.788. The summed E-state index contributed by atoms with van der Waals surface area (Å²) < 4.78 is 0. The summed E-state index contributed by atoms with van der Waals surface area (Å²) in [5.41, 5.74) is 5.77. The van der Waals surface area contributed by atoms with Crippen molar-refractivity contribution in [3.05, 3.63) is 18.5 Å². The quantitative estimate of drug-likeness (QED) is 0.766. The molecule has 1 aromatic rings. The van der Waals surface area contributed by atoms with Gasteiger partial charge in [0, 0.05) is 24.9 Å². The van der Waals surface area contributed by atoms with Crippen molar-refractivity contribution >= 4 is 11.9 Å². The van der Waals surface area contributed by atoms with E-state index in [4.69, 9.17) is 5.73 Å². The molecule has 0 aromatic carbocycles. The van der Waals surface area contributed by atoms with E-state index >= 15 is 0 Å². The molecule has 0 spiro atoms. The Morgan fingerprint density at radius 2 is 2.07 bits per heavy atom. The average Bonchev–Trinajstić information content (AvgIpc) is 2.18. The molecule has 15 heavy (non-hydrogen) atoms. The van der Waals surface area contributed by atoms with E-state index in [0.717, 1.165) is 0 Å². The van der Waals surface area contributed by atoms with E-state index < -0.39 is 0 Å². The molecule has 0 saturated heterocycles. The largest absolute Gasteiger partial charge is 0.327 e. The highest BCUT2D eigenvalue weighted by Crippen LogP contribution is 2.04. The van der Waals surface area contributed by atoms with Gasteiger partial charge in [0.05, 0.1) is 0 Å². The first-order valence-electron chi connectivity index (χ1n) is 4.92. The molecule has 0 saturated carbocycles. The van der Waals surface area contributed by atoms with Crippen LogP contribution in [0.2, 0.25) is 0 Å². The van der Waals surface area contributed by atoms with Gasteiger partial charge in [-0.1, -0.05) is 13.8 Å². The number of hydrogen-bond acceptors (Lipinski definition) is 4. The fourth-order valence-electron chi connectivity index (χ4n) is 0.989. The average molecular weight is 208 g/mol. The SMILES string of the molecule is CC(C)C(N)CC(=O)Nc1ncccn1.